The molecule has 3 aromatic rings. The maximum atomic E-state index is 5.78. The highest BCUT2D eigenvalue weighted by molar-refractivity contribution is 8.77. The quantitative estimate of drug-likeness (QED) is 0.363. The van der Waals surface area contributed by atoms with Crippen LogP contribution in [0.4, 0.5) is 0 Å². The molecule has 0 N–H and O–H groups in total. The standard InChI is InChI=1S/C19H23NO3S3Si/c1-6-14-11-13(2)12-17(27(21-3,22-4)23-5)18(14)25-26-19-20-15-9-7-8-10-16(15)24-19/h7-12H,6H2,1-5H3. The summed E-state index contributed by atoms with van der Waals surface area (Å²) < 4.78 is 19.6. The van der Waals surface area contributed by atoms with Gasteiger partial charge >= 0.3 is 8.80 Å². The Morgan fingerprint density at radius 2 is 1.74 bits per heavy atom. The zero-order chi connectivity index (χ0) is 19.4. The van der Waals surface area contributed by atoms with Gasteiger partial charge in [-0.25, -0.2) is 4.98 Å². The fraction of sp³-hybridized carbons (Fsp3) is 0.316. The van der Waals surface area contributed by atoms with E-state index in [1.165, 1.54) is 15.8 Å². The molecule has 0 unspecified atom stereocenters. The number of para-hydroxylation sites is 1. The van der Waals surface area contributed by atoms with Crippen molar-refractivity contribution < 1.29 is 13.3 Å². The second-order valence-corrected chi connectivity index (χ2v) is 12.2. The van der Waals surface area contributed by atoms with Crippen LogP contribution in [0.5, 0.6) is 0 Å². The van der Waals surface area contributed by atoms with Crippen LogP contribution in [-0.4, -0.2) is 35.1 Å². The van der Waals surface area contributed by atoms with Crippen LogP contribution in [0, 0.1) is 6.92 Å². The number of rotatable bonds is 8. The number of benzene rings is 2. The van der Waals surface area contributed by atoms with Crippen molar-refractivity contribution in [3.05, 3.63) is 47.5 Å². The monoisotopic (exact) mass is 437 g/mol. The maximum Gasteiger partial charge on any atom is 0.537 e. The first-order chi connectivity index (χ1) is 13.1. The first-order valence-corrected chi connectivity index (χ1v) is 13.3. The molecule has 0 bridgehead atoms. The summed E-state index contributed by atoms with van der Waals surface area (Å²) in [5, 5.41) is 1.02. The van der Waals surface area contributed by atoms with Gasteiger partial charge in [-0.05, 0) is 52.6 Å². The molecule has 0 saturated heterocycles. The van der Waals surface area contributed by atoms with Gasteiger partial charge in [0, 0.05) is 31.4 Å². The van der Waals surface area contributed by atoms with Gasteiger partial charge in [0.1, 0.15) is 0 Å². The molecule has 0 radical (unpaired) electrons. The van der Waals surface area contributed by atoms with Gasteiger partial charge in [-0.2, -0.15) is 0 Å². The van der Waals surface area contributed by atoms with E-state index in [1.807, 2.05) is 18.2 Å². The summed E-state index contributed by atoms with van der Waals surface area (Å²) in [5.41, 5.74) is 3.49. The van der Waals surface area contributed by atoms with Crippen LogP contribution in [0.15, 0.2) is 45.6 Å². The van der Waals surface area contributed by atoms with E-state index in [0.29, 0.717) is 0 Å². The highest BCUT2D eigenvalue weighted by Crippen LogP contribution is 2.42. The lowest BCUT2D eigenvalue weighted by Crippen LogP contribution is -2.55. The lowest BCUT2D eigenvalue weighted by molar-refractivity contribution is 0.139. The number of aromatic nitrogens is 1. The fourth-order valence-corrected chi connectivity index (χ4v) is 9.36. The van der Waals surface area contributed by atoms with E-state index in [-0.39, 0.29) is 0 Å². The minimum absolute atomic E-state index is 0.930. The first kappa shape index (κ1) is 20.9. The van der Waals surface area contributed by atoms with Crippen molar-refractivity contribution in [1.82, 2.24) is 4.98 Å². The topological polar surface area (TPSA) is 40.6 Å². The minimum Gasteiger partial charge on any atom is -0.373 e. The second kappa shape index (κ2) is 9.08. The summed E-state index contributed by atoms with van der Waals surface area (Å²) >= 11 is 1.71. The van der Waals surface area contributed by atoms with E-state index in [9.17, 15) is 0 Å². The van der Waals surface area contributed by atoms with Crippen LogP contribution in [0.2, 0.25) is 0 Å². The molecule has 1 heterocycles. The zero-order valence-electron chi connectivity index (χ0n) is 16.1. The first-order valence-electron chi connectivity index (χ1n) is 8.56. The summed E-state index contributed by atoms with van der Waals surface area (Å²) in [6, 6.07) is 12.6. The molecule has 3 rings (SSSR count). The molecule has 2 aromatic carbocycles. The lowest BCUT2D eigenvalue weighted by atomic mass is 10.1. The van der Waals surface area contributed by atoms with E-state index < -0.39 is 8.80 Å². The number of thiazole rings is 1. The van der Waals surface area contributed by atoms with Gasteiger partial charge < -0.3 is 13.3 Å². The molecule has 0 amide bonds. The molecule has 27 heavy (non-hydrogen) atoms. The Bertz CT molecular complexity index is 886. The Kier molecular flexibility index (Phi) is 7.02. The van der Waals surface area contributed by atoms with E-state index in [1.54, 1.807) is 54.3 Å². The average Bonchev–Trinajstić information content (AvgIpc) is 3.11. The Morgan fingerprint density at radius 1 is 1.04 bits per heavy atom. The van der Waals surface area contributed by atoms with Crippen LogP contribution in [-0.2, 0) is 19.7 Å². The molecule has 0 aliphatic rings. The van der Waals surface area contributed by atoms with Crippen molar-refractivity contribution >= 4 is 57.1 Å². The van der Waals surface area contributed by atoms with E-state index >= 15 is 0 Å². The largest absolute Gasteiger partial charge is 0.537 e. The molecule has 8 heteroatoms. The summed E-state index contributed by atoms with van der Waals surface area (Å²) in [5.74, 6) is 0. The van der Waals surface area contributed by atoms with Gasteiger partial charge in [-0.15, -0.1) is 11.3 Å². The van der Waals surface area contributed by atoms with Gasteiger partial charge in [0.25, 0.3) is 0 Å². The summed E-state index contributed by atoms with van der Waals surface area (Å²) in [6.45, 7) is 4.26. The van der Waals surface area contributed by atoms with Crippen molar-refractivity contribution in [3.63, 3.8) is 0 Å². The average molecular weight is 438 g/mol. The van der Waals surface area contributed by atoms with Gasteiger partial charge in [0.05, 0.1) is 10.2 Å². The minimum atomic E-state index is -2.94. The molecule has 0 atom stereocenters. The summed E-state index contributed by atoms with van der Waals surface area (Å²) in [7, 11) is 5.41. The molecule has 0 aliphatic carbocycles. The lowest BCUT2D eigenvalue weighted by Gasteiger charge is -2.27. The predicted octanol–water partition coefficient (Wildman–Crippen LogP) is 5.05. The third-order valence-electron chi connectivity index (χ3n) is 4.30. The Hall–Kier alpha value is -0.873. The van der Waals surface area contributed by atoms with Crippen LogP contribution in [0.25, 0.3) is 10.2 Å². The number of hydrogen-bond donors (Lipinski definition) is 0. The van der Waals surface area contributed by atoms with Crippen molar-refractivity contribution in [3.8, 4) is 0 Å². The molecule has 1 aromatic heterocycles. The smallest absolute Gasteiger partial charge is 0.373 e. The molecule has 0 saturated carbocycles. The van der Waals surface area contributed by atoms with Crippen molar-refractivity contribution in [1.29, 1.82) is 0 Å². The molecular weight excluding hydrogens is 415 g/mol. The molecule has 0 fully saturated rings. The fourth-order valence-electron chi connectivity index (χ4n) is 2.98. The van der Waals surface area contributed by atoms with E-state index in [0.717, 1.165) is 26.4 Å². The van der Waals surface area contributed by atoms with Gasteiger partial charge in [0.15, 0.2) is 4.34 Å². The normalized spacial score (nSPS) is 12.0. The maximum absolute atomic E-state index is 5.78. The highest BCUT2D eigenvalue weighted by Gasteiger charge is 2.43. The highest BCUT2D eigenvalue weighted by atomic mass is 33.1. The SMILES string of the molecule is CCc1cc(C)cc([Si](OC)(OC)OC)c1SSc1nc2ccccc2s1. The van der Waals surface area contributed by atoms with Crippen molar-refractivity contribution in [2.45, 2.75) is 29.5 Å². The van der Waals surface area contributed by atoms with Crippen molar-refractivity contribution in [2.24, 2.45) is 0 Å². The van der Waals surface area contributed by atoms with Crippen LogP contribution >= 0.6 is 32.9 Å². The number of aryl methyl sites for hydroxylation is 2. The Morgan fingerprint density at radius 3 is 2.37 bits per heavy atom. The van der Waals surface area contributed by atoms with Crippen LogP contribution in [0.3, 0.4) is 0 Å². The van der Waals surface area contributed by atoms with Crippen molar-refractivity contribution in [2.75, 3.05) is 21.3 Å². The molecule has 4 nitrogen and oxygen atoms in total. The second-order valence-electron chi connectivity index (χ2n) is 5.94. The number of hydrogen-bond acceptors (Lipinski definition) is 7. The predicted molar refractivity (Wildman–Crippen MR) is 118 cm³/mol. The Balaban J connectivity index is 1.99. The Labute approximate surface area is 173 Å². The van der Waals surface area contributed by atoms with Gasteiger partial charge in [0.2, 0.25) is 0 Å². The molecule has 0 aliphatic heterocycles. The molecule has 144 valence electrons. The molecule has 0 spiro atoms. The summed E-state index contributed by atoms with van der Waals surface area (Å²) in [6.07, 6.45) is 0.930. The molecular formula is C19H23NO3S3Si. The number of nitrogens with zero attached hydrogens (tertiary/aromatic N) is 1. The van der Waals surface area contributed by atoms with Gasteiger partial charge in [-0.3, -0.25) is 0 Å². The number of fused-ring (bicyclic) bond motifs is 1. The zero-order valence-corrected chi connectivity index (χ0v) is 19.5. The third kappa shape index (κ3) is 4.27. The van der Waals surface area contributed by atoms with Crippen LogP contribution in [0.1, 0.15) is 18.1 Å². The van der Waals surface area contributed by atoms with Crippen LogP contribution < -0.4 is 5.19 Å². The van der Waals surface area contributed by atoms with Gasteiger partial charge in [-0.1, -0.05) is 36.8 Å². The third-order valence-corrected chi connectivity index (χ3v) is 11.0. The summed E-state index contributed by atoms with van der Waals surface area (Å²) in [4.78, 5) is 5.89. The van der Waals surface area contributed by atoms with E-state index in [2.05, 4.69) is 32.0 Å². The van der Waals surface area contributed by atoms with E-state index in [4.69, 9.17) is 18.3 Å².